The van der Waals surface area contributed by atoms with E-state index in [2.05, 4.69) is 27.3 Å². The summed E-state index contributed by atoms with van der Waals surface area (Å²) >= 11 is 0. The van der Waals surface area contributed by atoms with Crippen LogP contribution in [0.1, 0.15) is 55.1 Å². The molecule has 1 aromatic heterocycles. The van der Waals surface area contributed by atoms with Crippen molar-refractivity contribution in [2.45, 2.75) is 45.1 Å². The summed E-state index contributed by atoms with van der Waals surface area (Å²) in [6, 6.07) is 9.97. The Morgan fingerprint density at radius 1 is 1.16 bits per heavy atom. The standard InChI is InChI=1S/C24H30N4O3/c1-16(25)22-20(17-7-9-19(10-8-17)28-11-13-31-14-12-28)15-21(24(29)30)27-23(22)26-18-5-3-2-4-6-18/h7-10,15,18,25H,2-6,11-14H2,1H3,(H,26,27)(H,29,30). The van der Waals surface area contributed by atoms with Gasteiger partial charge in [0.1, 0.15) is 5.82 Å². The number of aromatic nitrogens is 1. The summed E-state index contributed by atoms with van der Waals surface area (Å²) in [5, 5.41) is 21.5. The van der Waals surface area contributed by atoms with Crippen molar-refractivity contribution in [3.63, 3.8) is 0 Å². The van der Waals surface area contributed by atoms with Crippen molar-refractivity contribution < 1.29 is 14.6 Å². The summed E-state index contributed by atoms with van der Waals surface area (Å²) in [6.07, 6.45) is 5.63. The highest BCUT2D eigenvalue weighted by Gasteiger charge is 2.22. The summed E-state index contributed by atoms with van der Waals surface area (Å²) in [5.74, 6) is -0.557. The second-order valence-corrected chi connectivity index (χ2v) is 8.33. The van der Waals surface area contributed by atoms with Crippen LogP contribution in [0.2, 0.25) is 0 Å². The van der Waals surface area contributed by atoms with Crippen molar-refractivity contribution in [2.75, 3.05) is 36.5 Å². The molecular weight excluding hydrogens is 392 g/mol. The van der Waals surface area contributed by atoms with E-state index in [1.54, 1.807) is 13.0 Å². The van der Waals surface area contributed by atoms with Gasteiger partial charge in [-0.25, -0.2) is 9.78 Å². The molecule has 1 aliphatic heterocycles. The monoisotopic (exact) mass is 422 g/mol. The van der Waals surface area contributed by atoms with E-state index in [4.69, 9.17) is 10.1 Å². The molecule has 164 valence electrons. The molecule has 0 spiro atoms. The smallest absolute Gasteiger partial charge is 0.354 e. The van der Waals surface area contributed by atoms with E-state index in [0.717, 1.165) is 68.8 Å². The topological polar surface area (TPSA) is 98.5 Å². The number of hydrogen-bond acceptors (Lipinski definition) is 6. The van der Waals surface area contributed by atoms with Crippen LogP contribution in [0, 0.1) is 5.41 Å². The second kappa shape index (κ2) is 9.47. The minimum Gasteiger partial charge on any atom is -0.477 e. The van der Waals surface area contributed by atoms with Crippen LogP contribution < -0.4 is 10.2 Å². The van der Waals surface area contributed by atoms with E-state index in [-0.39, 0.29) is 11.7 Å². The molecule has 3 N–H and O–H groups in total. The van der Waals surface area contributed by atoms with Crippen LogP contribution in [0.3, 0.4) is 0 Å². The number of carbonyl (C=O) groups is 1. The third-order valence-electron chi connectivity index (χ3n) is 6.11. The van der Waals surface area contributed by atoms with Gasteiger partial charge in [0.2, 0.25) is 0 Å². The third-order valence-corrected chi connectivity index (χ3v) is 6.11. The van der Waals surface area contributed by atoms with Crippen molar-refractivity contribution in [3.05, 3.63) is 41.6 Å². The minimum absolute atomic E-state index is 0.00411. The summed E-state index contributed by atoms with van der Waals surface area (Å²) < 4.78 is 5.43. The number of pyridine rings is 1. The Balaban J connectivity index is 1.72. The van der Waals surface area contributed by atoms with Gasteiger partial charge in [-0.05, 0) is 49.1 Å². The van der Waals surface area contributed by atoms with Crippen LogP contribution in [-0.2, 0) is 4.74 Å². The number of aromatic carboxylic acids is 1. The molecule has 0 amide bonds. The zero-order valence-corrected chi connectivity index (χ0v) is 18.0. The fourth-order valence-electron chi connectivity index (χ4n) is 4.48. The van der Waals surface area contributed by atoms with Gasteiger partial charge in [0, 0.05) is 36.1 Å². The number of carboxylic acids is 1. The Labute approximate surface area is 183 Å². The molecule has 7 nitrogen and oxygen atoms in total. The number of nitrogens with zero attached hydrogens (tertiary/aromatic N) is 2. The Hall–Kier alpha value is -2.93. The number of ether oxygens (including phenoxy) is 1. The Morgan fingerprint density at radius 3 is 2.45 bits per heavy atom. The first-order chi connectivity index (χ1) is 15.0. The van der Waals surface area contributed by atoms with Crippen molar-refractivity contribution in [1.29, 1.82) is 5.41 Å². The number of morpholine rings is 1. The molecule has 0 unspecified atom stereocenters. The first-order valence-electron chi connectivity index (χ1n) is 11.1. The number of anilines is 2. The quantitative estimate of drug-likeness (QED) is 0.596. The maximum absolute atomic E-state index is 11.8. The summed E-state index contributed by atoms with van der Waals surface area (Å²) in [5.41, 5.74) is 3.77. The number of nitrogens with one attached hydrogen (secondary N) is 2. The molecule has 2 aliphatic rings. The number of rotatable bonds is 6. The number of benzene rings is 1. The summed E-state index contributed by atoms with van der Waals surface area (Å²) in [7, 11) is 0. The van der Waals surface area contributed by atoms with Crippen LogP contribution in [0.15, 0.2) is 30.3 Å². The zero-order valence-electron chi connectivity index (χ0n) is 18.0. The van der Waals surface area contributed by atoms with Gasteiger partial charge in [-0.15, -0.1) is 0 Å². The van der Waals surface area contributed by atoms with Gasteiger partial charge in [0.15, 0.2) is 5.69 Å². The molecule has 1 aliphatic carbocycles. The molecule has 2 heterocycles. The lowest BCUT2D eigenvalue weighted by Crippen LogP contribution is -2.36. The lowest BCUT2D eigenvalue weighted by Gasteiger charge is -2.29. The van der Waals surface area contributed by atoms with Gasteiger partial charge in [0.25, 0.3) is 0 Å². The molecule has 1 aromatic carbocycles. The average molecular weight is 423 g/mol. The summed E-state index contributed by atoms with van der Waals surface area (Å²) in [6.45, 7) is 4.90. The fraction of sp³-hybridized carbons (Fsp3) is 0.458. The Morgan fingerprint density at radius 2 is 1.84 bits per heavy atom. The van der Waals surface area contributed by atoms with Crippen LogP contribution in [0.4, 0.5) is 11.5 Å². The maximum Gasteiger partial charge on any atom is 0.354 e. The minimum atomic E-state index is -1.06. The lowest BCUT2D eigenvalue weighted by molar-refractivity contribution is 0.0690. The van der Waals surface area contributed by atoms with E-state index in [0.29, 0.717) is 17.1 Å². The highest BCUT2D eigenvalue weighted by atomic mass is 16.5. The molecule has 2 fully saturated rings. The summed E-state index contributed by atoms with van der Waals surface area (Å²) in [4.78, 5) is 18.5. The predicted octanol–water partition coefficient (Wildman–Crippen LogP) is 4.42. The van der Waals surface area contributed by atoms with Crippen molar-refractivity contribution >= 4 is 23.2 Å². The van der Waals surface area contributed by atoms with E-state index in [9.17, 15) is 9.90 Å². The SMILES string of the molecule is CC(=N)c1c(-c2ccc(N3CCOCC3)cc2)cc(C(=O)O)nc1NC1CCCCC1. The predicted molar refractivity (Wildman–Crippen MR) is 123 cm³/mol. The average Bonchev–Trinajstić information content (AvgIpc) is 2.79. The van der Waals surface area contributed by atoms with E-state index >= 15 is 0 Å². The fourth-order valence-corrected chi connectivity index (χ4v) is 4.48. The van der Waals surface area contributed by atoms with E-state index in [1.165, 1.54) is 6.42 Å². The van der Waals surface area contributed by atoms with E-state index in [1.807, 2.05) is 12.1 Å². The van der Waals surface area contributed by atoms with Gasteiger partial charge in [-0.2, -0.15) is 0 Å². The molecule has 1 saturated carbocycles. The van der Waals surface area contributed by atoms with Gasteiger partial charge in [0.05, 0.1) is 13.2 Å². The molecule has 7 heteroatoms. The molecule has 1 saturated heterocycles. The van der Waals surface area contributed by atoms with Crippen LogP contribution in [0.5, 0.6) is 0 Å². The van der Waals surface area contributed by atoms with Crippen LogP contribution in [0.25, 0.3) is 11.1 Å². The van der Waals surface area contributed by atoms with E-state index < -0.39 is 5.97 Å². The number of carboxylic acid groups (broad SMARTS) is 1. The lowest BCUT2D eigenvalue weighted by atomic mass is 9.93. The van der Waals surface area contributed by atoms with Gasteiger partial charge in [-0.1, -0.05) is 31.4 Å². The first-order valence-corrected chi connectivity index (χ1v) is 11.1. The van der Waals surface area contributed by atoms with Crippen LogP contribution in [-0.4, -0.2) is 54.1 Å². The molecule has 0 bridgehead atoms. The number of hydrogen-bond donors (Lipinski definition) is 3. The second-order valence-electron chi connectivity index (χ2n) is 8.33. The maximum atomic E-state index is 11.8. The van der Waals surface area contributed by atoms with Gasteiger partial charge >= 0.3 is 5.97 Å². The highest BCUT2D eigenvalue weighted by Crippen LogP contribution is 2.33. The van der Waals surface area contributed by atoms with Gasteiger partial charge < -0.3 is 25.5 Å². The largest absolute Gasteiger partial charge is 0.477 e. The Bertz CT molecular complexity index is 946. The van der Waals surface area contributed by atoms with Crippen molar-refractivity contribution in [3.8, 4) is 11.1 Å². The Kier molecular flexibility index (Phi) is 6.51. The van der Waals surface area contributed by atoms with Crippen molar-refractivity contribution in [1.82, 2.24) is 4.98 Å². The molecule has 0 radical (unpaired) electrons. The first kappa shape index (κ1) is 21.3. The van der Waals surface area contributed by atoms with Crippen molar-refractivity contribution in [2.24, 2.45) is 0 Å². The zero-order chi connectivity index (χ0) is 21.8. The highest BCUT2D eigenvalue weighted by molar-refractivity contribution is 6.07. The molecular formula is C24H30N4O3. The normalized spacial score (nSPS) is 17.4. The molecule has 2 aromatic rings. The molecule has 0 atom stereocenters. The molecule has 31 heavy (non-hydrogen) atoms. The molecule has 4 rings (SSSR count). The van der Waals surface area contributed by atoms with Gasteiger partial charge in [-0.3, -0.25) is 0 Å². The third kappa shape index (κ3) is 4.88. The van der Waals surface area contributed by atoms with Crippen LogP contribution >= 0.6 is 0 Å².